The molecule has 0 aromatic heterocycles. The second-order valence-electron chi connectivity index (χ2n) is 5.68. The molecule has 0 aliphatic carbocycles. The van der Waals surface area contributed by atoms with Gasteiger partial charge in [0.2, 0.25) is 17.7 Å². The minimum absolute atomic E-state index is 0.0673. The molecule has 1 heterocycles. The second kappa shape index (κ2) is 7.73. The van der Waals surface area contributed by atoms with Crippen molar-refractivity contribution in [2.45, 2.75) is 45.1 Å². The monoisotopic (exact) mass is 302 g/mol. The standard InChI is InChI=1S/C17H22N2O3/c1-13(7-8-14-5-3-2-4-6-14)18-15(20)11-12-19-16(21)9-10-17(19)22/h2-6,13H,7-12H2,1H3,(H,18,20). The van der Waals surface area contributed by atoms with Gasteiger partial charge >= 0.3 is 0 Å². The van der Waals surface area contributed by atoms with Gasteiger partial charge < -0.3 is 5.32 Å². The number of nitrogens with one attached hydrogen (secondary N) is 1. The van der Waals surface area contributed by atoms with Crippen molar-refractivity contribution in [2.24, 2.45) is 0 Å². The minimum atomic E-state index is -0.171. The number of benzene rings is 1. The van der Waals surface area contributed by atoms with Gasteiger partial charge in [-0.05, 0) is 25.3 Å². The molecule has 3 amide bonds. The molecule has 5 heteroatoms. The maximum atomic E-state index is 11.9. The Bertz CT molecular complexity index is 526. The van der Waals surface area contributed by atoms with Crippen molar-refractivity contribution in [3.05, 3.63) is 35.9 Å². The molecule has 0 bridgehead atoms. The van der Waals surface area contributed by atoms with Gasteiger partial charge in [0.1, 0.15) is 0 Å². The zero-order valence-corrected chi connectivity index (χ0v) is 12.9. The molecule has 1 aliphatic heterocycles. The Labute approximate surface area is 130 Å². The zero-order chi connectivity index (χ0) is 15.9. The van der Waals surface area contributed by atoms with E-state index in [4.69, 9.17) is 0 Å². The van der Waals surface area contributed by atoms with E-state index < -0.39 is 0 Å². The minimum Gasteiger partial charge on any atom is -0.354 e. The molecule has 1 aromatic rings. The van der Waals surface area contributed by atoms with Gasteiger partial charge in [-0.25, -0.2) is 0 Å². The van der Waals surface area contributed by atoms with Gasteiger partial charge in [0.05, 0.1) is 0 Å². The van der Waals surface area contributed by atoms with Gasteiger partial charge in [0.25, 0.3) is 0 Å². The lowest BCUT2D eigenvalue weighted by molar-refractivity contribution is -0.138. The highest BCUT2D eigenvalue weighted by atomic mass is 16.2. The number of nitrogens with zero attached hydrogens (tertiary/aromatic N) is 1. The normalized spacial score (nSPS) is 16.0. The van der Waals surface area contributed by atoms with Crippen LogP contribution in [0.15, 0.2) is 30.3 Å². The van der Waals surface area contributed by atoms with Gasteiger partial charge in [-0.3, -0.25) is 19.3 Å². The van der Waals surface area contributed by atoms with Crippen molar-refractivity contribution in [1.82, 2.24) is 10.2 Å². The Morgan fingerprint density at radius 2 is 1.82 bits per heavy atom. The first-order valence-corrected chi connectivity index (χ1v) is 7.72. The van der Waals surface area contributed by atoms with Crippen molar-refractivity contribution >= 4 is 17.7 Å². The van der Waals surface area contributed by atoms with Crippen LogP contribution < -0.4 is 5.32 Å². The molecule has 5 nitrogen and oxygen atoms in total. The number of imide groups is 1. The highest BCUT2D eigenvalue weighted by molar-refractivity contribution is 6.02. The van der Waals surface area contributed by atoms with E-state index in [2.05, 4.69) is 17.4 Å². The molecule has 1 unspecified atom stereocenters. The molecule has 1 aliphatic rings. The van der Waals surface area contributed by atoms with Gasteiger partial charge in [-0.2, -0.15) is 0 Å². The van der Waals surface area contributed by atoms with Crippen molar-refractivity contribution in [1.29, 1.82) is 0 Å². The number of carbonyl (C=O) groups excluding carboxylic acids is 3. The SMILES string of the molecule is CC(CCc1ccccc1)NC(=O)CCN1C(=O)CCC1=O. The molecule has 0 spiro atoms. The number of hydrogen-bond donors (Lipinski definition) is 1. The highest BCUT2D eigenvalue weighted by Gasteiger charge is 2.28. The van der Waals surface area contributed by atoms with Gasteiger partial charge in [-0.1, -0.05) is 30.3 Å². The number of hydrogen-bond acceptors (Lipinski definition) is 3. The number of carbonyl (C=O) groups is 3. The first-order chi connectivity index (χ1) is 10.6. The third-order valence-electron chi connectivity index (χ3n) is 3.83. The van der Waals surface area contributed by atoms with Crippen LogP contribution in [0.4, 0.5) is 0 Å². The lowest BCUT2D eigenvalue weighted by Crippen LogP contribution is -2.37. The average molecular weight is 302 g/mol. The van der Waals surface area contributed by atoms with Crippen LogP contribution in [0.3, 0.4) is 0 Å². The molecule has 118 valence electrons. The maximum Gasteiger partial charge on any atom is 0.229 e. The first kappa shape index (κ1) is 16.2. The maximum absolute atomic E-state index is 11.9. The van der Waals surface area contributed by atoms with Crippen LogP contribution in [0.2, 0.25) is 0 Å². The molecule has 1 atom stereocenters. The lowest BCUT2D eigenvalue weighted by Gasteiger charge is -2.16. The first-order valence-electron chi connectivity index (χ1n) is 7.72. The fraction of sp³-hybridized carbons (Fsp3) is 0.471. The summed E-state index contributed by atoms with van der Waals surface area (Å²) in [6.45, 7) is 2.15. The van der Waals surface area contributed by atoms with Crippen molar-refractivity contribution in [3.63, 3.8) is 0 Å². The topological polar surface area (TPSA) is 66.5 Å². The molecule has 0 radical (unpaired) electrons. The van der Waals surface area contributed by atoms with Crippen LogP contribution in [-0.4, -0.2) is 35.2 Å². The zero-order valence-electron chi connectivity index (χ0n) is 12.9. The predicted octanol–water partition coefficient (Wildman–Crippen LogP) is 1.66. The molecule has 0 saturated carbocycles. The summed E-state index contributed by atoms with van der Waals surface area (Å²) in [5.74, 6) is -0.460. The van der Waals surface area contributed by atoms with Crippen LogP contribution in [0.1, 0.15) is 38.2 Å². The summed E-state index contributed by atoms with van der Waals surface area (Å²) >= 11 is 0. The van der Waals surface area contributed by atoms with E-state index in [1.807, 2.05) is 25.1 Å². The summed E-state index contributed by atoms with van der Waals surface area (Å²) in [5.41, 5.74) is 1.25. The number of rotatable bonds is 7. The predicted molar refractivity (Wildman–Crippen MR) is 82.9 cm³/mol. The van der Waals surface area contributed by atoms with E-state index in [0.29, 0.717) is 0 Å². The Balaban J connectivity index is 1.68. The Kier molecular flexibility index (Phi) is 5.69. The van der Waals surface area contributed by atoms with Crippen LogP contribution >= 0.6 is 0 Å². The van der Waals surface area contributed by atoms with Crippen molar-refractivity contribution < 1.29 is 14.4 Å². The third kappa shape index (κ3) is 4.69. The summed E-state index contributed by atoms with van der Waals surface area (Å²) in [7, 11) is 0. The van der Waals surface area contributed by atoms with Gasteiger partial charge in [0, 0.05) is 31.8 Å². The van der Waals surface area contributed by atoms with E-state index in [1.165, 1.54) is 10.5 Å². The number of amides is 3. The Hall–Kier alpha value is -2.17. The molecule has 22 heavy (non-hydrogen) atoms. The summed E-state index contributed by atoms with van der Waals surface area (Å²) < 4.78 is 0. The second-order valence-corrected chi connectivity index (χ2v) is 5.68. The average Bonchev–Trinajstić information content (AvgIpc) is 2.83. The molecule has 2 rings (SSSR count). The fourth-order valence-electron chi connectivity index (χ4n) is 2.53. The van der Waals surface area contributed by atoms with Crippen LogP contribution in [0.5, 0.6) is 0 Å². The molecular formula is C17H22N2O3. The van der Waals surface area contributed by atoms with Crippen LogP contribution in [0.25, 0.3) is 0 Å². The highest BCUT2D eigenvalue weighted by Crippen LogP contribution is 2.12. The largest absolute Gasteiger partial charge is 0.354 e. The van der Waals surface area contributed by atoms with E-state index in [-0.39, 0.29) is 49.6 Å². The summed E-state index contributed by atoms with van der Waals surface area (Å²) in [5, 5.41) is 2.92. The fourth-order valence-corrected chi connectivity index (χ4v) is 2.53. The van der Waals surface area contributed by atoms with E-state index in [0.717, 1.165) is 12.8 Å². The molecular weight excluding hydrogens is 280 g/mol. The lowest BCUT2D eigenvalue weighted by atomic mass is 10.1. The van der Waals surface area contributed by atoms with Crippen molar-refractivity contribution in [3.8, 4) is 0 Å². The Morgan fingerprint density at radius 3 is 2.45 bits per heavy atom. The molecule has 1 saturated heterocycles. The van der Waals surface area contributed by atoms with E-state index in [9.17, 15) is 14.4 Å². The van der Waals surface area contributed by atoms with Crippen molar-refractivity contribution in [2.75, 3.05) is 6.54 Å². The van der Waals surface area contributed by atoms with E-state index >= 15 is 0 Å². The number of likely N-dealkylation sites (tertiary alicyclic amines) is 1. The molecule has 1 N–H and O–H groups in total. The third-order valence-corrected chi connectivity index (χ3v) is 3.83. The summed E-state index contributed by atoms with van der Waals surface area (Å²) in [4.78, 5) is 36.0. The Morgan fingerprint density at radius 1 is 1.18 bits per heavy atom. The smallest absolute Gasteiger partial charge is 0.229 e. The van der Waals surface area contributed by atoms with Crippen LogP contribution in [-0.2, 0) is 20.8 Å². The molecule has 1 aromatic carbocycles. The summed E-state index contributed by atoms with van der Waals surface area (Å²) in [6.07, 6.45) is 2.48. The van der Waals surface area contributed by atoms with Gasteiger partial charge in [-0.15, -0.1) is 0 Å². The van der Waals surface area contributed by atoms with Crippen LogP contribution in [0, 0.1) is 0 Å². The quantitative estimate of drug-likeness (QED) is 0.779. The molecule has 1 fully saturated rings. The number of aryl methyl sites for hydroxylation is 1. The summed E-state index contributed by atoms with van der Waals surface area (Å²) in [6, 6.07) is 10.2. The van der Waals surface area contributed by atoms with Gasteiger partial charge in [0.15, 0.2) is 0 Å². The van der Waals surface area contributed by atoms with E-state index in [1.54, 1.807) is 0 Å².